The Hall–Kier alpha value is -4.34. The van der Waals surface area contributed by atoms with Crippen molar-refractivity contribution in [1.82, 2.24) is 24.7 Å². The summed E-state index contributed by atoms with van der Waals surface area (Å²) in [5, 5.41) is 5.67. The second kappa shape index (κ2) is 10.5. The van der Waals surface area contributed by atoms with Gasteiger partial charge in [0, 0.05) is 45.5 Å². The van der Waals surface area contributed by atoms with Gasteiger partial charge in [0.2, 0.25) is 11.8 Å². The molecule has 1 saturated heterocycles. The number of hydrogen-bond acceptors (Lipinski definition) is 4. The van der Waals surface area contributed by atoms with Crippen LogP contribution < -0.4 is 16.4 Å². The standard InChI is InChI=1S/C26H30N6O4/c1-30-12-6-10-20(30)24(34)28-18-15-22(32(16-18)26(36)21-11-7-13-31(21)2)25(35)29-19(23(27)33)14-17-8-4-3-5-9-17/h3-13,18-19,22H,14-16H2,1-2H3,(H2,27,33)(H,28,34)(H,29,35)/t18-,19+,22-/m0/s1. The molecule has 0 unspecified atom stereocenters. The van der Waals surface area contributed by atoms with Gasteiger partial charge < -0.3 is 30.4 Å². The molecule has 0 bridgehead atoms. The number of amides is 4. The smallest absolute Gasteiger partial charge is 0.271 e. The second-order valence-electron chi connectivity index (χ2n) is 9.04. The maximum Gasteiger partial charge on any atom is 0.271 e. The van der Waals surface area contributed by atoms with Crippen LogP contribution in [0.25, 0.3) is 0 Å². The predicted octanol–water partition coefficient (Wildman–Crippen LogP) is 0.590. The summed E-state index contributed by atoms with van der Waals surface area (Å²) in [6, 6.07) is 13.8. The van der Waals surface area contributed by atoms with Crippen molar-refractivity contribution in [2.45, 2.75) is 31.0 Å². The summed E-state index contributed by atoms with van der Waals surface area (Å²) in [5.41, 5.74) is 7.32. The van der Waals surface area contributed by atoms with Gasteiger partial charge in [0.05, 0.1) is 0 Å². The number of nitrogens with zero attached hydrogens (tertiary/aromatic N) is 3. The van der Waals surface area contributed by atoms with Crippen molar-refractivity contribution in [1.29, 1.82) is 0 Å². The first-order valence-electron chi connectivity index (χ1n) is 11.7. The first-order valence-corrected chi connectivity index (χ1v) is 11.7. The van der Waals surface area contributed by atoms with Crippen molar-refractivity contribution < 1.29 is 19.2 Å². The zero-order valence-electron chi connectivity index (χ0n) is 20.3. The first kappa shape index (κ1) is 24.8. The van der Waals surface area contributed by atoms with Crippen LogP contribution in [0.3, 0.4) is 0 Å². The highest BCUT2D eigenvalue weighted by molar-refractivity contribution is 5.98. The van der Waals surface area contributed by atoms with Crippen molar-refractivity contribution >= 4 is 23.6 Å². The Labute approximate surface area is 209 Å². The van der Waals surface area contributed by atoms with E-state index in [1.165, 1.54) is 4.90 Å². The van der Waals surface area contributed by atoms with E-state index >= 15 is 0 Å². The van der Waals surface area contributed by atoms with E-state index < -0.39 is 29.9 Å². The van der Waals surface area contributed by atoms with Crippen molar-refractivity contribution in [3.05, 3.63) is 83.9 Å². The molecule has 36 heavy (non-hydrogen) atoms. The van der Waals surface area contributed by atoms with Gasteiger partial charge in [0.25, 0.3) is 11.8 Å². The van der Waals surface area contributed by atoms with E-state index in [9.17, 15) is 19.2 Å². The molecular formula is C26H30N6O4. The van der Waals surface area contributed by atoms with Crippen LogP contribution >= 0.6 is 0 Å². The highest BCUT2D eigenvalue weighted by Crippen LogP contribution is 2.22. The molecule has 188 valence electrons. The Kier molecular flexibility index (Phi) is 7.23. The van der Waals surface area contributed by atoms with Crippen LogP contribution in [0.5, 0.6) is 0 Å². The second-order valence-corrected chi connectivity index (χ2v) is 9.04. The van der Waals surface area contributed by atoms with Gasteiger partial charge >= 0.3 is 0 Å². The molecule has 0 radical (unpaired) electrons. The number of benzene rings is 1. The molecule has 4 N–H and O–H groups in total. The number of carbonyl (C=O) groups is 4. The van der Waals surface area contributed by atoms with E-state index in [2.05, 4.69) is 10.6 Å². The lowest BCUT2D eigenvalue weighted by Crippen LogP contribution is -2.53. The fourth-order valence-corrected chi connectivity index (χ4v) is 4.54. The average Bonchev–Trinajstić information content (AvgIpc) is 3.58. The topological polar surface area (TPSA) is 131 Å². The van der Waals surface area contributed by atoms with Crippen LogP contribution in [0.15, 0.2) is 67.0 Å². The number of rotatable bonds is 8. The van der Waals surface area contributed by atoms with E-state index in [1.807, 2.05) is 30.3 Å². The van der Waals surface area contributed by atoms with Crippen LogP contribution in [0.4, 0.5) is 0 Å². The molecule has 1 aliphatic rings. The van der Waals surface area contributed by atoms with Gasteiger partial charge in [-0.2, -0.15) is 0 Å². The summed E-state index contributed by atoms with van der Waals surface area (Å²) in [7, 11) is 3.51. The minimum Gasteiger partial charge on any atom is -0.368 e. The van der Waals surface area contributed by atoms with E-state index in [1.54, 1.807) is 59.9 Å². The monoisotopic (exact) mass is 490 g/mol. The molecular weight excluding hydrogens is 460 g/mol. The molecule has 3 atom stereocenters. The zero-order chi connectivity index (χ0) is 25.8. The Morgan fingerprint density at radius 1 is 0.944 bits per heavy atom. The highest BCUT2D eigenvalue weighted by atomic mass is 16.2. The normalized spacial score (nSPS) is 18.0. The Morgan fingerprint density at radius 2 is 1.58 bits per heavy atom. The molecule has 10 nitrogen and oxygen atoms in total. The molecule has 0 aliphatic carbocycles. The number of likely N-dealkylation sites (tertiary alicyclic amines) is 1. The molecule has 4 rings (SSSR count). The first-order chi connectivity index (χ1) is 17.2. The van der Waals surface area contributed by atoms with Crippen LogP contribution in [-0.4, -0.2) is 62.3 Å². The summed E-state index contributed by atoms with van der Waals surface area (Å²) < 4.78 is 3.37. The zero-order valence-corrected chi connectivity index (χ0v) is 20.3. The predicted molar refractivity (Wildman–Crippen MR) is 133 cm³/mol. The van der Waals surface area contributed by atoms with Gasteiger partial charge in [-0.3, -0.25) is 19.2 Å². The van der Waals surface area contributed by atoms with Gasteiger partial charge in [-0.15, -0.1) is 0 Å². The Balaban J connectivity index is 1.53. The van der Waals surface area contributed by atoms with Crippen LogP contribution in [0, 0.1) is 0 Å². The third kappa shape index (κ3) is 5.32. The lowest BCUT2D eigenvalue weighted by Gasteiger charge is -2.25. The quantitative estimate of drug-likeness (QED) is 0.426. The van der Waals surface area contributed by atoms with Crippen LogP contribution in [0.1, 0.15) is 33.0 Å². The molecule has 1 aliphatic heterocycles. The number of nitrogens with two attached hydrogens (primary N) is 1. The van der Waals surface area contributed by atoms with Gasteiger partial charge in [0.1, 0.15) is 23.5 Å². The van der Waals surface area contributed by atoms with E-state index in [-0.39, 0.29) is 31.2 Å². The van der Waals surface area contributed by atoms with Gasteiger partial charge in [-0.05, 0) is 36.2 Å². The lowest BCUT2D eigenvalue weighted by molar-refractivity contribution is -0.129. The maximum absolute atomic E-state index is 13.4. The highest BCUT2D eigenvalue weighted by Gasteiger charge is 2.42. The third-order valence-corrected chi connectivity index (χ3v) is 6.48. The summed E-state index contributed by atoms with van der Waals surface area (Å²) >= 11 is 0. The minimum absolute atomic E-state index is 0.151. The minimum atomic E-state index is -0.941. The van der Waals surface area contributed by atoms with Crippen molar-refractivity contribution in [3.8, 4) is 0 Å². The SMILES string of the molecule is Cn1cccc1C(=O)N[C@H]1C[C@@H](C(=O)N[C@H](Cc2ccccc2)C(N)=O)N(C(=O)c2cccn2C)C1. The molecule has 2 aromatic heterocycles. The molecule has 10 heteroatoms. The Bertz CT molecular complexity index is 1260. The van der Waals surface area contributed by atoms with Crippen LogP contribution in [0.2, 0.25) is 0 Å². The Morgan fingerprint density at radius 3 is 2.17 bits per heavy atom. The molecule has 4 amide bonds. The van der Waals surface area contributed by atoms with Gasteiger partial charge in [-0.1, -0.05) is 30.3 Å². The molecule has 0 saturated carbocycles. The summed E-state index contributed by atoms with van der Waals surface area (Å²) in [4.78, 5) is 53.2. The number of hydrogen-bond donors (Lipinski definition) is 3. The van der Waals surface area contributed by atoms with Crippen LogP contribution in [-0.2, 0) is 30.1 Å². The third-order valence-electron chi connectivity index (χ3n) is 6.48. The number of aryl methyl sites for hydroxylation is 2. The fraction of sp³-hybridized carbons (Fsp3) is 0.308. The van der Waals surface area contributed by atoms with Gasteiger partial charge in [0.15, 0.2) is 0 Å². The van der Waals surface area contributed by atoms with E-state index in [0.29, 0.717) is 11.4 Å². The summed E-state index contributed by atoms with van der Waals surface area (Å²) in [5.74, 6) is -1.79. The molecule has 3 heterocycles. The van der Waals surface area contributed by atoms with Crippen molar-refractivity contribution in [2.24, 2.45) is 19.8 Å². The van der Waals surface area contributed by atoms with E-state index in [0.717, 1.165) is 5.56 Å². The lowest BCUT2D eigenvalue weighted by atomic mass is 10.0. The van der Waals surface area contributed by atoms with Gasteiger partial charge in [-0.25, -0.2) is 0 Å². The molecule has 1 fully saturated rings. The summed E-state index contributed by atoms with van der Waals surface area (Å²) in [6.07, 6.45) is 3.95. The fourth-order valence-electron chi connectivity index (χ4n) is 4.54. The molecule has 0 spiro atoms. The largest absolute Gasteiger partial charge is 0.368 e. The number of carbonyl (C=O) groups excluding carboxylic acids is 4. The number of aromatic nitrogens is 2. The van der Waals surface area contributed by atoms with Crippen molar-refractivity contribution in [2.75, 3.05) is 6.54 Å². The van der Waals surface area contributed by atoms with Crippen molar-refractivity contribution in [3.63, 3.8) is 0 Å². The van der Waals surface area contributed by atoms with E-state index in [4.69, 9.17) is 5.73 Å². The summed E-state index contributed by atoms with van der Waals surface area (Å²) in [6.45, 7) is 0.151. The maximum atomic E-state index is 13.4. The number of primary amides is 1. The average molecular weight is 491 g/mol. The molecule has 1 aromatic carbocycles. The number of nitrogens with one attached hydrogen (secondary N) is 2. The molecule has 3 aromatic rings.